The fourth-order valence-corrected chi connectivity index (χ4v) is 4.73. The van der Waals surface area contributed by atoms with Gasteiger partial charge in [0, 0.05) is 30.1 Å². The lowest BCUT2D eigenvalue weighted by atomic mass is 9.98. The van der Waals surface area contributed by atoms with Gasteiger partial charge in [0.2, 0.25) is 0 Å². The smallest absolute Gasteiger partial charge is 0.185 e. The maximum Gasteiger partial charge on any atom is 0.185 e. The normalized spacial score (nSPS) is 30.5. The summed E-state index contributed by atoms with van der Waals surface area (Å²) in [5.41, 5.74) is 1.34. The predicted octanol–water partition coefficient (Wildman–Crippen LogP) is 2.66. The van der Waals surface area contributed by atoms with Crippen molar-refractivity contribution in [3.05, 3.63) is 10.6 Å². The highest BCUT2D eigenvalue weighted by molar-refractivity contribution is 7.15. The lowest BCUT2D eigenvalue weighted by Gasteiger charge is -2.42. The van der Waals surface area contributed by atoms with Gasteiger partial charge in [-0.1, -0.05) is 6.92 Å². The Hall–Kier alpha value is -0.650. The van der Waals surface area contributed by atoms with Gasteiger partial charge >= 0.3 is 0 Å². The molecule has 1 aromatic rings. The molecule has 4 nitrogen and oxygen atoms in total. The van der Waals surface area contributed by atoms with Gasteiger partial charge in [0.25, 0.3) is 0 Å². The van der Waals surface area contributed by atoms with E-state index in [1.165, 1.54) is 35.0 Å². The van der Waals surface area contributed by atoms with Crippen LogP contribution in [0, 0.1) is 0 Å². The number of nitrogens with one attached hydrogen (secondary N) is 1. The molecule has 1 aliphatic heterocycles. The van der Waals surface area contributed by atoms with E-state index < -0.39 is 0 Å². The molecule has 1 fully saturated rings. The number of anilines is 1. The molecule has 0 saturated carbocycles. The number of piperazine rings is 1. The highest BCUT2D eigenvalue weighted by atomic mass is 32.1. The summed E-state index contributed by atoms with van der Waals surface area (Å²) in [6.07, 6.45) is 3.75. The van der Waals surface area contributed by atoms with Crippen LogP contribution in [0.5, 0.6) is 0 Å². The molecule has 0 bridgehead atoms. The minimum atomic E-state index is 0.478. The fraction of sp³-hybridized carbons (Fsp3) is 0.812. The van der Waals surface area contributed by atoms with Crippen molar-refractivity contribution >= 4 is 16.5 Å². The SMILES string of the molecule is CCNC1CCCc2sc(N3CC(C)N(C)C(C)C3)nc21. The van der Waals surface area contributed by atoms with Gasteiger partial charge in [0.05, 0.1) is 11.7 Å². The van der Waals surface area contributed by atoms with Crippen LogP contribution in [0.2, 0.25) is 0 Å². The first-order chi connectivity index (χ1) is 10.1. The Morgan fingerprint density at radius 1 is 1.29 bits per heavy atom. The lowest BCUT2D eigenvalue weighted by molar-refractivity contribution is 0.170. The second-order valence-corrected chi connectivity index (χ2v) is 7.64. The first-order valence-electron chi connectivity index (χ1n) is 8.30. The van der Waals surface area contributed by atoms with Gasteiger partial charge in [0.1, 0.15) is 0 Å². The molecule has 0 radical (unpaired) electrons. The van der Waals surface area contributed by atoms with Gasteiger partial charge in [-0.05, 0) is 46.7 Å². The number of aromatic nitrogens is 1. The van der Waals surface area contributed by atoms with Crippen LogP contribution in [0.4, 0.5) is 5.13 Å². The summed E-state index contributed by atoms with van der Waals surface area (Å²) >= 11 is 1.93. The van der Waals surface area contributed by atoms with Crippen molar-refractivity contribution in [2.45, 2.75) is 58.2 Å². The Balaban J connectivity index is 1.81. The Kier molecular flexibility index (Phi) is 4.52. The average molecular weight is 308 g/mol. The summed E-state index contributed by atoms with van der Waals surface area (Å²) in [7, 11) is 2.24. The number of likely N-dealkylation sites (N-methyl/N-ethyl adjacent to an activating group) is 1. The molecule has 1 aromatic heterocycles. The van der Waals surface area contributed by atoms with Crippen LogP contribution in [0.25, 0.3) is 0 Å². The van der Waals surface area contributed by atoms with Crippen LogP contribution in [-0.4, -0.2) is 48.6 Å². The molecule has 2 aliphatic rings. The highest BCUT2D eigenvalue weighted by Gasteiger charge is 2.30. The monoisotopic (exact) mass is 308 g/mol. The molecule has 3 rings (SSSR count). The van der Waals surface area contributed by atoms with E-state index >= 15 is 0 Å². The number of hydrogen-bond acceptors (Lipinski definition) is 5. The Bertz CT molecular complexity index is 475. The fourth-order valence-electron chi connectivity index (χ4n) is 3.55. The van der Waals surface area contributed by atoms with Crippen molar-refractivity contribution < 1.29 is 0 Å². The maximum atomic E-state index is 5.03. The molecule has 1 saturated heterocycles. The van der Waals surface area contributed by atoms with Crippen LogP contribution >= 0.6 is 11.3 Å². The molecule has 0 amide bonds. The van der Waals surface area contributed by atoms with E-state index in [0.717, 1.165) is 19.6 Å². The van der Waals surface area contributed by atoms with Crippen molar-refractivity contribution in [3.8, 4) is 0 Å². The minimum absolute atomic E-state index is 0.478. The van der Waals surface area contributed by atoms with Crippen LogP contribution < -0.4 is 10.2 Å². The average Bonchev–Trinajstić information content (AvgIpc) is 2.89. The van der Waals surface area contributed by atoms with Crippen molar-refractivity contribution in [2.75, 3.05) is 31.6 Å². The number of nitrogens with zero attached hydrogens (tertiary/aromatic N) is 3. The zero-order chi connectivity index (χ0) is 15.0. The maximum absolute atomic E-state index is 5.03. The summed E-state index contributed by atoms with van der Waals surface area (Å²) in [5.74, 6) is 0. The number of hydrogen-bond donors (Lipinski definition) is 1. The molecular weight excluding hydrogens is 280 g/mol. The van der Waals surface area contributed by atoms with E-state index in [1.54, 1.807) is 0 Å². The topological polar surface area (TPSA) is 31.4 Å². The molecule has 1 aliphatic carbocycles. The van der Waals surface area contributed by atoms with E-state index in [1.807, 2.05) is 11.3 Å². The van der Waals surface area contributed by atoms with E-state index in [4.69, 9.17) is 4.98 Å². The molecule has 5 heteroatoms. The Morgan fingerprint density at radius 3 is 2.67 bits per heavy atom. The van der Waals surface area contributed by atoms with E-state index in [-0.39, 0.29) is 0 Å². The Labute approximate surface area is 132 Å². The molecule has 0 spiro atoms. The standard InChI is InChI=1S/C16H28N4S/c1-5-17-13-7-6-8-14-15(13)18-16(21-14)20-9-11(2)19(4)12(3)10-20/h11-13,17H,5-10H2,1-4H3. The molecule has 1 N–H and O–H groups in total. The quantitative estimate of drug-likeness (QED) is 0.930. The summed E-state index contributed by atoms with van der Waals surface area (Å²) in [6, 6.07) is 1.67. The highest BCUT2D eigenvalue weighted by Crippen LogP contribution is 2.37. The number of rotatable bonds is 3. The zero-order valence-corrected chi connectivity index (χ0v) is 14.5. The summed E-state index contributed by atoms with van der Waals surface area (Å²) in [6.45, 7) is 10.0. The number of thiazole rings is 1. The van der Waals surface area contributed by atoms with Crippen LogP contribution in [0.3, 0.4) is 0 Å². The van der Waals surface area contributed by atoms with Crippen molar-refractivity contribution in [2.24, 2.45) is 0 Å². The van der Waals surface area contributed by atoms with Gasteiger partial charge < -0.3 is 10.2 Å². The van der Waals surface area contributed by atoms with E-state index in [0.29, 0.717) is 18.1 Å². The van der Waals surface area contributed by atoms with Crippen LogP contribution in [0.15, 0.2) is 0 Å². The van der Waals surface area contributed by atoms with Gasteiger partial charge in [-0.2, -0.15) is 0 Å². The molecular formula is C16H28N4S. The molecule has 21 heavy (non-hydrogen) atoms. The van der Waals surface area contributed by atoms with Gasteiger partial charge in [0.15, 0.2) is 5.13 Å². The lowest BCUT2D eigenvalue weighted by Crippen LogP contribution is -2.55. The minimum Gasteiger partial charge on any atom is -0.345 e. The van der Waals surface area contributed by atoms with Crippen LogP contribution in [0.1, 0.15) is 50.2 Å². The Morgan fingerprint density at radius 2 is 2.00 bits per heavy atom. The van der Waals surface area contributed by atoms with Crippen molar-refractivity contribution in [1.29, 1.82) is 0 Å². The zero-order valence-electron chi connectivity index (χ0n) is 13.7. The summed E-state index contributed by atoms with van der Waals surface area (Å²) < 4.78 is 0. The van der Waals surface area contributed by atoms with E-state index in [9.17, 15) is 0 Å². The first kappa shape index (κ1) is 15.3. The predicted molar refractivity (Wildman–Crippen MR) is 90.4 cm³/mol. The van der Waals surface area contributed by atoms with E-state index in [2.05, 4.69) is 42.9 Å². The third-order valence-corrected chi connectivity index (χ3v) is 6.22. The third-order valence-electron chi connectivity index (χ3n) is 5.02. The molecule has 0 aromatic carbocycles. The second-order valence-electron chi connectivity index (χ2n) is 6.58. The largest absolute Gasteiger partial charge is 0.345 e. The van der Waals surface area contributed by atoms with Crippen molar-refractivity contribution in [3.63, 3.8) is 0 Å². The van der Waals surface area contributed by atoms with Crippen LogP contribution in [-0.2, 0) is 6.42 Å². The third kappa shape index (κ3) is 2.96. The van der Waals surface area contributed by atoms with Gasteiger partial charge in [-0.3, -0.25) is 4.90 Å². The van der Waals surface area contributed by atoms with Gasteiger partial charge in [-0.15, -0.1) is 11.3 Å². The molecule has 3 unspecified atom stereocenters. The van der Waals surface area contributed by atoms with Crippen molar-refractivity contribution in [1.82, 2.24) is 15.2 Å². The number of fused-ring (bicyclic) bond motifs is 1. The molecule has 3 atom stereocenters. The summed E-state index contributed by atoms with van der Waals surface area (Å²) in [5, 5.41) is 4.85. The summed E-state index contributed by atoms with van der Waals surface area (Å²) in [4.78, 5) is 11.5. The number of aryl methyl sites for hydroxylation is 1. The molecule has 118 valence electrons. The second kappa shape index (κ2) is 6.23. The van der Waals surface area contributed by atoms with Gasteiger partial charge in [-0.25, -0.2) is 4.98 Å². The first-order valence-corrected chi connectivity index (χ1v) is 9.11. The molecule has 2 heterocycles.